The van der Waals surface area contributed by atoms with Gasteiger partial charge in [-0.1, -0.05) is 159 Å². The van der Waals surface area contributed by atoms with Crippen LogP contribution in [0, 0.1) is 0 Å². The Hall–Kier alpha value is -7.23. The molecule has 1 aliphatic heterocycles. The second kappa shape index (κ2) is 11.9. The number of nitrogens with zero attached hydrogens (tertiary/aromatic N) is 3. The van der Waals surface area contributed by atoms with E-state index >= 15 is 0 Å². The van der Waals surface area contributed by atoms with Crippen LogP contribution in [0.4, 0.5) is 17.1 Å². The molecule has 0 amide bonds. The quantitative estimate of drug-likeness (QED) is 0.168. The Morgan fingerprint density at radius 2 is 1.00 bits per heavy atom. The molecule has 3 heteroatoms. The normalized spacial score (nSPS) is 13.5. The van der Waals surface area contributed by atoms with Gasteiger partial charge in [-0.2, -0.15) is 0 Å². The molecule has 1 aliphatic carbocycles. The van der Waals surface area contributed by atoms with Crippen molar-refractivity contribution in [3.8, 4) is 50.5 Å². The van der Waals surface area contributed by atoms with Gasteiger partial charge in [0, 0.05) is 16.7 Å². The molecule has 0 N–H and O–H groups in total. The van der Waals surface area contributed by atoms with Crippen molar-refractivity contribution in [2.75, 3.05) is 4.90 Å². The number of anilines is 3. The lowest BCUT2D eigenvalue weighted by atomic mass is 9.80. The van der Waals surface area contributed by atoms with Gasteiger partial charge in [0.25, 0.3) is 0 Å². The molecule has 0 atom stereocenters. The third-order valence-corrected chi connectivity index (χ3v) is 12.5. The van der Waals surface area contributed by atoms with E-state index in [1.54, 1.807) is 0 Å². The van der Waals surface area contributed by atoms with E-state index in [4.69, 9.17) is 4.98 Å². The molecule has 0 unspecified atom stereocenters. The minimum absolute atomic E-state index is 0.0823. The Balaban J connectivity index is 1.12. The number of imidazole rings is 1. The Morgan fingerprint density at radius 1 is 0.421 bits per heavy atom. The number of aromatic nitrogens is 2. The summed E-state index contributed by atoms with van der Waals surface area (Å²) >= 11 is 0. The van der Waals surface area contributed by atoms with E-state index in [9.17, 15) is 0 Å². The molecule has 0 bridgehead atoms. The first kappa shape index (κ1) is 32.1. The SMILES string of the molecule is CC1(C)c2ccccc2-c2ccc(-c3c4ccccc4c(-c4ccc5c(c4)N(c4ccccc4)c4cccc6nc(-c7ccccc7)n-5c46)c4ccccc34)cc21. The van der Waals surface area contributed by atoms with Crippen molar-refractivity contribution in [1.82, 2.24) is 9.55 Å². The van der Waals surface area contributed by atoms with Gasteiger partial charge in [0.1, 0.15) is 5.82 Å². The summed E-state index contributed by atoms with van der Waals surface area (Å²) in [6, 6.07) is 68.9. The zero-order chi connectivity index (χ0) is 37.8. The van der Waals surface area contributed by atoms with Gasteiger partial charge in [-0.05, 0) is 109 Å². The second-order valence-electron chi connectivity index (χ2n) is 15.9. The topological polar surface area (TPSA) is 21.1 Å². The highest BCUT2D eigenvalue weighted by molar-refractivity contribution is 6.22. The number of para-hydroxylation sites is 2. The highest BCUT2D eigenvalue weighted by atomic mass is 15.2. The van der Waals surface area contributed by atoms with Gasteiger partial charge in [-0.15, -0.1) is 0 Å². The monoisotopic (exact) mass is 727 g/mol. The first-order valence-electron chi connectivity index (χ1n) is 19.8. The smallest absolute Gasteiger partial charge is 0.145 e. The zero-order valence-corrected chi connectivity index (χ0v) is 31.7. The molecule has 2 heterocycles. The molecule has 12 rings (SSSR count). The van der Waals surface area contributed by atoms with Crippen LogP contribution in [0.2, 0.25) is 0 Å². The average Bonchev–Trinajstić information content (AvgIpc) is 3.76. The van der Waals surface area contributed by atoms with Gasteiger partial charge in [-0.3, -0.25) is 4.57 Å². The first-order valence-corrected chi connectivity index (χ1v) is 19.8. The molecule has 0 spiro atoms. The summed E-state index contributed by atoms with van der Waals surface area (Å²) in [7, 11) is 0. The lowest BCUT2D eigenvalue weighted by molar-refractivity contribution is 0.660. The largest absolute Gasteiger partial charge is 0.306 e. The van der Waals surface area contributed by atoms with Gasteiger partial charge in [0.05, 0.1) is 28.1 Å². The highest BCUT2D eigenvalue weighted by Crippen LogP contribution is 2.53. The molecular formula is C54H37N3. The van der Waals surface area contributed by atoms with Crippen LogP contribution in [0.3, 0.4) is 0 Å². The summed E-state index contributed by atoms with van der Waals surface area (Å²) in [5.74, 6) is 0.945. The van der Waals surface area contributed by atoms with E-state index in [2.05, 4.69) is 211 Å². The van der Waals surface area contributed by atoms with Crippen molar-refractivity contribution in [2.24, 2.45) is 0 Å². The maximum absolute atomic E-state index is 5.26. The maximum Gasteiger partial charge on any atom is 0.145 e. The lowest BCUT2D eigenvalue weighted by Crippen LogP contribution is -2.18. The van der Waals surface area contributed by atoms with Crippen LogP contribution < -0.4 is 4.90 Å². The summed E-state index contributed by atoms with van der Waals surface area (Å²) in [4.78, 5) is 7.68. The molecule has 0 saturated heterocycles. The third kappa shape index (κ3) is 4.51. The highest BCUT2D eigenvalue weighted by Gasteiger charge is 2.36. The summed E-state index contributed by atoms with van der Waals surface area (Å²) in [6.07, 6.45) is 0. The third-order valence-electron chi connectivity index (χ3n) is 12.5. The summed E-state index contributed by atoms with van der Waals surface area (Å²) in [5.41, 5.74) is 18.0. The van der Waals surface area contributed by atoms with E-state index in [-0.39, 0.29) is 5.41 Å². The molecule has 0 saturated carbocycles. The van der Waals surface area contributed by atoms with Gasteiger partial charge >= 0.3 is 0 Å². The summed E-state index contributed by atoms with van der Waals surface area (Å²) < 4.78 is 2.37. The Morgan fingerprint density at radius 3 is 1.70 bits per heavy atom. The minimum Gasteiger partial charge on any atom is -0.306 e. The van der Waals surface area contributed by atoms with Crippen LogP contribution in [-0.2, 0) is 5.41 Å². The molecule has 0 fully saturated rings. The van der Waals surface area contributed by atoms with Crippen molar-refractivity contribution in [3.05, 3.63) is 199 Å². The predicted molar refractivity (Wildman–Crippen MR) is 238 cm³/mol. The first-order chi connectivity index (χ1) is 28.1. The fraction of sp³-hybridized carbons (Fsp3) is 0.0556. The predicted octanol–water partition coefficient (Wildman–Crippen LogP) is 14.4. The molecule has 3 nitrogen and oxygen atoms in total. The van der Waals surface area contributed by atoms with E-state index in [1.165, 1.54) is 66.1 Å². The molecule has 9 aromatic carbocycles. The van der Waals surface area contributed by atoms with Crippen molar-refractivity contribution in [1.29, 1.82) is 0 Å². The van der Waals surface area contributed by atoms with E-state index in [0.717, 1.165) is 45.2 Å². The van der Waals surface area contributed by atoms with Crippen molar-refractivity contribution >= 4 is 49.6 Å². The Kier molecular flexibility index (Phi) is 6.68. The van der Waals surface area contributed by atoms with E-state index in [0.29, 0.717) is 0 Å². The van der Waals surface area contributed by atoms with Gasteiger partial charge in [-0.25, -0.2) is 4.98 Å². The van der Waals surface area contributed by atoms with Crippen LogP contribution in [-0.4, -0.2) is 9.55 Å². The molecule has 0 radical (unpaired) electrons. The zero-order valence-electron chi connectivity index (χ0n) is 31.7. The van der Waals surface area contributed by atoms with Crippen LogP contribution in [0.5, 0.6) is 0 Å². The second-order valence-corrected chi connectivity index (χ2v) is 15.9. The fourth-order valence-electron chi connectivity index (χ4n) is 9.95. The number of rotatable bonds is 4. The van der Waals surface area contributed by atoms with Crippen molar-refractivity contribution in [2.45, 2.75) is 19.3 Å². The van der Waals surface area contributed by atoms with Crippen LogP contribution >= 0.6 is 0 Å². The van der Waals surface area contributed by atoms with Crippen LogP contribution in [0.15, 0.2) is 188 Å². The number of benzene rings is 9. The maximum atomic E-state index is 5.26. The molecular weight excluding hydrogens is 691 g/mol. The lowest BCUT2D eigenvalue weighted by Gasteiger charge is -2.33. The van der Waals surface area contributed by atoms with Crippen LogP contribution in [0.1, 0.15) is 25.0 Å². The molecule has 10 aromatic rings. The fourth-order valence-corrected chi connectivity index (χ4v) is 9.95. The van der Waals surface area contributed by atoms with E-state index in [1.807, 2.05) is 0 Å². The molecule has 268 valence electrons. The minimum atomic E-state index is -0.0823. The summed E-state index contributed by atoms with van der Waals surface area (Å²) in [5, 5.41) is 4.99. The molecule has 2 aliphatic rings. The number of hydrogen-bond acceptors (Lipinski definition) is 2. The Labute approximate surface area is 331 Å². The number of fused-ring (bicyclic) bond motifs is 7. The standard InChI is InChI=1S/C54H37N3/c1-54(2)44-25-14-13-20-38(44)39-30-28-35(32-45(39)54)50-40-21-9-11-23-42(40)51(43-24-12-10-22-41(43)50)36-29-31-47-49(33-36)56(37-18-7-4-8-19-37)48-27-15-26-46-52(48)57(47)53(55-46)34-16-5-3-6-17-34/h3-33H,1-2H3. The van der Waals surface area contributed by atoms with Gasteiger partial charge < -0.3 is 4.90 Å². The van der Waals surface area contributed by atoms with Crippen LogP contribution in [0.25, 0.3) is 83.0 Å². The van der Waals surface area contributed by atoms with Gasteiger partial charge in [0.15, 0.2) is 0 Å². The number of hydrogen-bond donors (Lipinski definition) is 0. The average molecular weight is 728 g/mol. The van der Waals surface area contributed by atoms with Gasteiger partial charge in [0.2, 0.25) is 0 Å². The Bertz CT molecular complexity index is 3210. The molecule has 57 heavy (non-hydrogen) atoms. The van der Waals surface area contributed by atoms with Crippen molar-refractivity contribution < 1.29 is 0 Å². The summed E-state index contributed by atoms with van der Waals surface area (Å²) in [6.45, 7) is 4.73. The molecule has 1 aromatic heterocycles. The van der Waals surface area contributed by atoms with Crippen molar-refractivity contribution in [3.63, 3.8) is 0 Å². The van der Waals surface area contributed by atoms with E-state index < -0.39 is 0 Å².